The molecular weight excluding hydrogens is 217 g/mol. The SMILES string of the molecule is CNC(C1=CCCC1)c1ccc(OC)cc1F. The molecule has 0 heterocycles. The van der Waals surface area contributed by atoms with Crippen molar-refractivity contribution >= 4 is 0 Å². The van der Waals surface area contributed by atoms with Crippen molar-refractivity contribution in [3.8, 4) is 5.75 Å². The van der Waals surface area contributed by atoms with E-state index in [0.29, 0.717) is 11.3 Å². The Balaban J connectivity index is 2.30. The maximum absolute atomic E-state index is 14.0. The Morgan fingerprint density at radius 2 is 2.24 bits per heavy atom. The van der Waals surface area contributed by atoms with Gasteiger partial charge in [0, 0.05) is 11.6 Å². The van der Waals surface area contributed by atoms with Crippen LogP contribution in [0.15, 0.2) is 29.8 Å². The van der Waals surface area contributed by atoms with Gasteiger partial charge in [-0.25, -0.2) is 4.39 Å². The van der Waals surface area contributed by atoms with Crippen molar-refractivity contribution < 1.29 is 9.13 Å². The van der Waals surface area contributed by atoms with Crippen LogP contribution in [0.25, 0.3) is 0 Å². The van der Waals surface area contributed by atoms with Gasteiger partial charge in [-0.3, -0.25) is 0 Å². The number of hydrogen-bond donors (Lipinski definition) is 1. The highest BCUT2D eigenvalue weighted by molar-refractivity contribution is 5.35. The molecule has 92 valence electrons. The molecule has 0 radical (unpaired) electrons. The fourth-order valence-corrected chi connectivity index (χ4v) is 2.37. The molecule has 0 spiro atoms. The molecule has 1 aliphatic carbocycles. The third-order valence-electron chi connectivity index (χ3n) is 3.25. The Morgan fingerprint density at radius 3 is 2.76 bits per heavy atom. The molecule has 17 heavy (non-hydrogen) atoms. The van der Waals surface area contributed by atoms with Crippen LogP contribution < -0.4 is 10.1 Å². The molecule has 0 bridgehead atoms. The van der Waals surface area contributed by atoms with E-state index in [1.807, 2.05) is 7.05 Å². The first kappa shape index (κ1) is 12.1. The number of methoxy groups -OCH3 is 1. The third-order valence-corrected chi connectivity index (χ3v) is 3.25. The summed E-state index contributed by atoms with van der Waals surface area (Å²) in [6.07, 6.45) is 5.54. The molecular formula is C14H18FNO. The number of nitrogens with one attached hydrogen (secondary N) is 1. The molecule has 0 aliphatic heterocycles. The molecule has 0 fully saturated rings. The van der Waals surface area contributed by atoms with Gasteiger partial charge in [0.05, 0.1) is 13.2 Å². The van der Waals surface area contributed by atoms with Gasteiger partial charge in [0.25, 0.3) is 0 Å². The van der Waals surface area contributed by atoms with Crippen molar-refractivity contribution in [3.63, 3.8) is 0 Å². The van der Waals surface area contributed by atoms with Gasteiger partial charge < -0.3 is 10.1 Å². The zero-order chi connectivity index (χ0) is 12.3. The Hall–Kier alpha value is -1.35. The van der Waals surface area contributed by atoms with Crippen LogP contribution in [-0.4, -0.2) is 14.2 Å². The Morgan fingerprint density at radius 1 is 1.41 bits per heavy atom. The number of rotatable bonds is 4. The number of benzene rings is 1. The van der Waals surface area contributed by atoms with E-state index < -0.39 is 0 Å². The monoisotopic (exact) mass is 235 g/mol. The van der Waals surface area contributed by atoms with Crippen molar-refractivity contribution in [2.45, 2.75) is 25.3 Å². The van der Waals surface area contributed by atoms with Crippen molar-refractivity contribution in [2.75, 3.05) is 14.2 Å². The first-order chi connectivity index (χ1) is 8.26. The summed E-state index contributed by atoms with van der Waals surface area (Å²) >= 11 is 0. The molecule has 1 N–H and O–H groups in total. The summed E-state index contributed by atoms with van der Waals surface area (Å²) in [7, 11) is 3.41. The summed E-state index contributed by atoms with van der Waals surface area (Å²) in [6, 6.07) is 5.03. The zero-order valence-electron chi connectivity index (χ0n) is 10.3. The highest BCUT2D eigenvalue weighted by Crippen LogP contribution is 2.32. The maximum Gasteiger partial charge on any atom is 0.132 e. The zero-order valence-corrected chi connectivity index (χ0v) is 10.3. The molecule has 1 atom stereocenters. The predicted molar refractivity (Wildman–Crippen MR) is 66.7 cm³/mol. The van der Waals surface area contributed by atoms with Crippen LogP contribution in [0.2, 0.25) is 0 Å². The molecule has 3 heteroatoms. The molecule has 0 saturated heterocycles. The van der Waals surface area contributed by atoms with Crippen LogP contribution in [0.5, 0.6) is 5.75 Å². The smallest absolute Gasteiger partial charge is 0.132 e. The number of allylic oxidation sites excluding steroid dienone is 1. The van der Waals surface area contributed by atoms with Gasteiger partial charge in [-0.15, -0.1) is 0 Å². The van der Waals surface area contributed by atoms with E-state index in [9.17, 15) is 4.39 Å². The predicted octanol–water partition coefficient (Wildman–Crippen LogP) is 3.21. The second-order valence-corrected chi connectivity index (χ2v) is 4.28. The Bertz CT molecular complexity index is 428. The lowest BCUT2D eigenvalue weighted by atomic mass is 9.97. The lowest BCUT2D eigenvalue weighted by molar-refractivity contribution is 0.410. The number of likely N-dealkylation sites (N-methyl/N-ethyl adjacent to an activating group) is 1. The molecule has 1 aromatic carbocycles. The van der Waals surface area contributed by atoms with Crippen molar-refractivity contribution in [3.05, 3.63) is 41.2 Å². The van der Waals surface area contributed by atoms with E-state index in [2.05, 4.69) is 11.4 Å². The summed E-state index contributed by atoms with van der Waals surface area (Å²) in [5, 5.41) is 3.19. The van der Waals surface area contributed by atoms with E-state index in [0.717, 1.165) is 12.8 Å². The largest absolute Gasteiger partial charge is 0.497 e. The van der Waals surface area contributed by atoms with Gasteiger partial charge >= 0.3 is 0 Å². The quantitative estimate of drug-likeness (QED) is 0.809. The highest BCUT2D eigenvalue weighted by atomic mass is 19.1. The van der Waals surface area contributed by atoms with Crippen LogP contribution in [0, 0.1) is 5.82 Å². The highest BCUT2D eigenvalue weighted by Gasteiger charge is 2.20. The molecule has 1 aliphatic rings. The van der Waals surface area contributed by atoms with E-state index in [4.69, 9.17) is 4.74 Å². The van der Waals surface area contributed by atoms with Crippen LogP contribution in [0.1, 0.15) is 30.9 Å². The van der Waals surface area contributed by atoms with Crippen LogP contribution in [-0.2, 0) is 0 Å². The molecule has 0 aromatic heterocycles. The summed E-state index contributed by atoms with van der Waals surface area (Å²) in [5.41, 5.74) is 1.98. The van der Waals surface area contributed by atoms with Gasteiger partial charge in [-0.1, -0.05) is 17.7 Å². The molecule has 0 amide bonds. The summed E-state index contributed by atoms with van der Waals surface area (Å²) in [4.78, 5) is 0. The summed E-state index contributed by atoms with van der Waals surface area (Å²) in [5.74, 6) is 0.345. The lowest BCUT2D eigenvalue weighted by Gasteiger charge is -2.19. The van der Waals surface area contributed by atoms with E-state index in [1.165, 1.54) is 18.1 Å². The normalized spacial score (nSPS) is 16.8. The van der Waals surface area contributed by atoms with Gasteiger partial charge in [0.15, 0.2) is 0 Å². The third kappa shape index (κ3) is 2.50. The summed E-state index contributed by atoms with van der Waals surface area (Å²) < 4.78 is 19.0. The molecule has 1 unspecified atom stereocenters. The van der Waals surface area contributed by atoms with Gasteiger partial charge in [-0.2, -0.15) is 0 Å². The van der Waals surface area contributed by atoms with Gasteiger partial charge in [-0.05, 0) is 32.4 Å². The topological polar surface area (TPSA) is 21.3 Å². The second kappa shape index (κ2) is 5.32. The fraction of sp³-hybridized carbons (Fsp3) is 0.429. The Kier molecular flexibility index (Phi) is 3.79. The lowest BCUT2D eigenvalue weighted by Crippen LogP contribution is -2.19. The Labute approximate surface area is 101 Å². The minimum atomic E-state index is -0.212. The first-order valence-electron chi connectivity index (χ1n) is 5.96. The summed E-state index contributed by atoms with van der Waals surface area (Å²) in [6.45, 7) is 0. The minimum absolute atomic E-state index is 0.0107. The van der Waals surface area contributed by atoms with Crippen molar-refractivity contribution in [2.24, 2.45) is 0 Å². The van der Waals surface area contributed by atoms with E-state index in [-0.39, 0.29) is 11.9 Å². The van der Waals surface area contributed by atoms with E-state index in [1.54, 1.807) is 19.2 Å². The first-order valence-corrected chi connectivity index (χ1v) is 5.96. The van der Waals surface area contributed by atoms with Crippen molar-refractivity contribution in [1.29, 1.82) is 0 Å². The standard InChI is InChI=1S/C14H18FNO/c1-16-14(10-5-3-4-6-10)12-8-7-11(17-2)9-13(12)15/h5,7-9,14,16H,3-4,6H2,1-2H3. The van der Waals surface area contributed by atoms with Crippen molar-refractivity contribution in [1.82, 2.24) is 5.32 Å². The number of halogens is 1. The molecule has 2 rings (SSSR count). The second-order valence-electron chi connectivity index (χ2n) is 4.28. The maximum atomic E-state index is 14.0. The van der Waals surface area contributed by atoms with Crippen LogP contribution >= 0.6 is 0 Å². The molecule has 1 aromatic rings. The van der Waals surface area contributed by atoms with Gasteiger partial charge in [0.1, 0.15) is 11.6 Å². The van der Waals surface area contributed by atoms with Crippen LogP contribution in [0.3, 0.4) is 0 Å². The molecule has 0 saturated carbocycles. The average molecular weight is 235 g/mol. The number of ether oxygens (including phenoxy) is 1. The van der Waals surface area contributed by atoms with Gasteiger partial charge in [0.2, 0.25) is 0 Å². The number of hydrogen-bond acceptors (Lipinski definition) is 2. The average Bonchev–Trinajstić information content (AvgIpc) is 2.85. The van der Waals surface area contributed by atoms with E-state index >= 15 is 0 Å². The fourth-order valence-electron chi connectivity index (χ4n) is 2.37. The molecule has 2 nitrogen and oxygen atoms in total. The minimum Gasteiger partial charge on any atom is -0.497 e. The van der Waals surface area contributed by atoms with Crippen LogP contribution in [0.4, 0.5) is 4.39 Å².